The quantitative estimate of drug-likeness (QED) is 0.440. The van der Waals surface area contributed by atoms with Crippen LogP contribution >= 0.6 is 0 Å². The lowest BCUT2D eigenvalue weighted by Crippen LogP contribution is -2.51. The SMILES string of the molecule is NC(=NC(=O)C(F)(F)F)c1ccc(NC(=O)N2CCCCC2CNC(=O)C2CCCCC2)cc1. The Bertz CT molecular complexity index is 911. The Hall–Kier alpha value is -3.11. The fraction of sp³-hybridized carbons (Fsp3) is 0.565. The molecule has 1 aromatic carbocycles. The van der Waals surface area contributed by atoms with E-state index in [4.69, 9.17) is 5.73 Å². The fourth-order valence-electron chi connectivity index (χ4n) is 4.36. The predicted molar refractivity (Wildman–Crippen MR) is 121 cm³/mol. The summed E-state index contributed by atoms with van der Waals surface area (Å²) in [7, 11) is 0. The highest BCUT2D eigenvalue weighted by molar-refractivity contribution is 6.05. The zero-order valence-corrected chi connectivity index (χ0v) is 18.9. The van der Waals surface area contributed by atoms with Crippen LogP contribution in [-0.2, 0) is 9.59 Å². The van der Waals surface area contributed by atoms with Crippen molar-refractivity contribution in [1.29, 1.82) is 0 Å². The summed E-state index contributed by atoms with van der Waals surface area (Å²) >= 11 is 0. The van der Waals surface area contributed by atoms with Crippen LogP contribution < -0.4 is 16.4 Å². The van der Waals surface area contributed by atoms with Gasteiger partial charge < -0.3 is 21.3 Å². The number of urea groups is 1. The van der Waals surface area contributed by atoms with Crippen molar-refractivity contribution in [2.75, 3.05) is 18.4 Å². The number of amides is 4. The van der Waals surface area contributed by atoms with E-state index in [0.29, 0.717) is 18.8 Å². The molecule has 186 valence electrons. The molecule has 1 heterocycles. The first-order chi connectivity index (χ1) is 16.1. The van der Waals surface area contributed by atoms with Crippen molar-refractivity contribution in [2.24, 2.45) is 16.6 Å². The number of benzene rings is 1. The average molecular weight is 482 g/mol. The molecule has 2 fully saturated rings. The summed E-state index contributed by atoms with van der Waals surface area (Å²) in [4.78, 5) is 40.9. The van der Waals surface area contributed by atoms with E-state index < -0.39 is 17.9 Å². The van der Waals surface area contributed by atoms with Crippen LogP contribution in [0.1, 0.15) is 56.9 Å². The van der Waals surface area contributed by atoms with E-state index in [2.05, 4.69) is 15.6 Å². The predicted octanol–water partition coefficient (Wildman–Crippen LogP) is 3.56. The molecule has 0 radical (unpaired) electrons. The molecule has 4 amide bonds. The van der Waals surface area contributed by atoms with Crippen molar-refractivity contribution in [1.82, 2.24) is 10.2 Å². The second-order valence-electron chi connectivity index (χ2n) is 8.73. The van der Waals surface area contributed by atoms with Crippen molar-refractivity contribution in [3.05, 3.63) is 29.8 Å². The largest absolute Gasteiger partial charge is 0.473 e. The van der Waals surface area contributed by atoms with E-state index in [-0.39, 0.29) is 29.5 Å². The minimum absolute atomic E-state index is 0.0560. The molecule has 0 spiro atoms. The minimum Gasteiger partial charge on any atom is -0.383 e. The third-order valence-electron chi connectivity index (χ3n) is 6.27. The summed E-state index contributed by atoms with van der Waals surface area (Å²) in [6.45, 7) is 0.967. The highest BCUT2D eigenvalue weighted by atomic mass is 19.4. The Kier molecular flexibility index (Phi) is 8.51. The van der Waals surface area contributed by atoms with Gasteiger partial charge in [-0.25, -0.2) is 4.79 Å². The topological polar surface area (TPSA) is 117 Å². The molecule has 34 heavy (non-hydrogen) atoms. The Labute approximate surface area is 196 Å². The first-order valence-corrected chi connectivity index (χ1v) is 11.6. The summed E-state index contributed by atoms with van der Waals surface area (Å²) in [5, 5.41) is 5.79. The van der Waals surface area contributed by atoms with Gasteiger partial charge in [0.15, 0.2) is 0 Å². The van der Waals surface area contributed by atoms with Crippen LogP contribution in [-0.4, -0.2) is 53.9 Å². The van der Waals surface area contributed by atoms with Gasteiger partial charge in [-0.3, -0.25) is 9.59 Å². The number of hydrogen-bond donors (Lipinski definition) is 3. The van der Waals surface area contributed by atoms with Crippen LogP contribution in [0.2, 0.25) is 0 Å². The zero-order chi connectivity index (χ0) is 24.7. The summed E-state index contributed by atoms with van der Waals surface area (Å²) < 4.78 is 37.0. The Balaban J connectivity index is 1.57. The van der Waals surface area contributed by atoms with Gasteiger partial charge in [-0.15, -0.1) is 0 Å². The van der Waals surface area contributed by atoms with E-state index in [1.165, 1.54) is 30.7 Å². The van der Waals surface area contributed by atoms with Crippen LogP contribution in [0, 0.1) is 5.92 Å². The number of alkyl halides is 3. The molecule has 0 bridgehead atoms. The number of carbonyl (C=O) groups is 3. The molecule has 2 aliphatic rings. The number of aliphatic imine (C=N–C) groups is 1. The number of rotatable bonds is 5. The molecule has 3 rings (SSSR count). The minimum atomic E-state index is -5.10. The summed E-state index contributed by atoms with van der Waals surface area (Å²) in [5.41, 5.74) is 6.03. The maximum atomic E-state index is 12.9. The van der Waals surface area contributed by atoms with E-state index in [1.54, 1.807) is 4.90 Å². The molecule has 1 saturated carbocycles. The number of anilines is 1. The second-order valence-corrected chi connectivity index (χ2v) is 8.73. The van der Waals surface area contributed by atoms with Gasteiger partial charge in [0.1, 0.15) is 5.84 Å². The molecule has 4 N–H and O–H groups in total. The highest BCUT2D eigenvalue weighted by Gasteiger charge is 2.38. The first kappa shape index (κ1) is 25.5. The molecule has 0 aromatic heterocycles. The number of hydrogen-bond acceptors (Lipinski definition) is 3. The summed E-state index contributed by atoms with van der Waals surface area (Å²) in [6.07, 6.45) is 2.67. The maximum absolute atomic E-state index is 12.9. The Morgan fingerprint density at radius 3 is 2.29 bits per heavy atom. The van der Waals surface area contributed by atoms with E-state index in [9.17, 15) is 27.6 Å². The molecule has 1 unspecified atom stereocenters. The van der Waals surface area contributed by atoms with Crippen molar-refractivity contribution >= 4 is 29.4 Å². The molecular weight excluding hydrogens is 451 g/mol. The number of halogens is 3. The van der Waals surface area contributed by atoms with Crippen molar-refractivity contribution < 1.29 is 27.6 Å². The van der Waals surface area contributed by atoms with Gasteiger partial charge in [0.05, 0.1) is 6.04 Å². The molecule has 1 aliphatic carbocycles. The van der Waals surface area contributed by atoms with Gasteiger partial charge in [0.2, 0.25) is 5.91 Å². The molecule has 8 nitrogen and oxygen atoms in total. The Morgan fingerprint density at radius 2 is 1.65 bits per heavy atom. The van der Waals surface area contributed by atoms with Gasteiger partial charge in [0.25, 0.3) is 0 Å². The third kappa shape index (κ3) is 6.94. The summed E-state index contributed by atoms with van der Waals surface area (Å²) in [5.74, 6) is -2.73. The van der Waals surface area contributed by atoms with Gasteiger partial charge in [-0.05, 0) is 56.4 Å². The van der Waals surface area contributed by atoms with Crippen LogP contribution in [0.3, 0.4) is 0 Å². The fourth-order valence-corrected chi connectivity index (χ4v) is 4.36. The van der Waals surface area contributed by atoms with Crippen LogP contribution in [0.25, 0.3) is 0 Å². The van der Waals surface area contributed by atoms with Crippen molar-refractivity contribution in [2.45, 2.75) is 63.6 Å². The number of carbonyl (C=O) groups excluding carboxylic acids is 3. The third-order valence-corrected chi connectivity index (χ3v) is 6.27. The Morgan fingerprint density at radius 1 is 1.00 bits per heavy atom. The lowest BCUT2D eigenvalue weighted by atomic mass is 9.88. The number of likely N-dealkylation sites (tertiary alicyclic amines) is 1. The molecule has 1 atom stereocenters. The first-order valence-electron chi connectivity index (χ1n) is 11.6. The van der Waals surface area contributed by atoms with Crippen LogP contribution in [0.5, 0.6) is 0 Å². The van der Waals surface area contributed by atoms with Crippen molar-refractivity contribution in [3.63, 3.8) is 0 Å². The van der Waals surface area contributed by atoms with Gasteiger partial charge >= 0.3 is 18.1 Å². The van der Waals surface area contributed by atoms with Crippen LogP contribution in [0.4, 0.5) is 23.7 Å². The summed E-state index contributed by atoms with van der Waals surface area (Å²) in [6, 6.07) is 5.25. The zero-order valence-electron chi connectivity index (χ0n) is 18.9. The number of amidine groups is 1. The van der Waals surface area contributed by atoms with Gasteiger partial charge in [-0.1, -0.05) is 19.3 Å². The molecule has 1 aromatic rings. The van der Waals surface area contributed by atoms with E-state index in [0.717, 1.165) is 44.9 Å². The second kappa shape index (κ2) is 11.3. The monoisotopic (exact) mass is 481 g/mol. The lowest BCUT2D eigenvalue weighted by Gasteiger charge is -2.36. The van der Waals surface area contributed by atoms with Crippen molar-refractivity contribution in [3.8, 4) is 0 Å². The average Bonchev–Trinajstić information content (AvgIpc) is 2.83. The van der Waals surface area contributed by atoms with Crippen LogP contribution in [0.15, 0.2) is 29.3 Å². The molecular formula is C23H30F3N5O3. The highest BCUT2D eigenvalue weighted by Crippen LogP contribution is 2.24. The van der Waals surface area contributed by atoms with Gasteiger partial charge in [0, 0.05) is 30.3 Å². The number of nitrogens with zero attached hydrogens (tertiary/aromatic N) is 2. The smallest absolute Gasteiger partial charge is 0.383 e. The molecule has 1 saturated heterocycles. The number of nitrogens with one attached hydrogen (secondary N) is 2. The lowest BCUT2D eigenvalue weighted by molar-refractivity contribution is -0.169. The van der Waals surface area contributed by atoms with E-state index >= 15 is 0 Å². The number of piperidine rings is 1. The van der Waals surface area contributed by atoms with Gasteiger partial charge in [-0.2, -0.15) is 18.2 Å². The molecule has 11 heteroatoms. The molecule has 1 aliphatic heterocycles. The van der Waals surface area contributed by atoms with E-state index in [1.807, 2.05) is 0 Å². The maximum Gasteiger partial charge on any atom is 0.473 e. The number of nitrogens with two attached hydrogens (primary N) is 1. The normalized spacial score (nSPS) is 20.0. The standard InChI is InChI=1S/C23H30F3N5O3/c24-23(25,26)21(33)30-19(27)15-9-11-17(12-10-15)29-22(34)31-13-5-4-8-18(31)14-28-20(32)16-6-2-1-3-7-16/h9-12,16,18H,1-8,13-14H2,(H,28,32)(H,29,34)(H2,27,30,33).